The van der Waals surface area contributed by atoms with E-state index < -0.39 is 5.82 Å². The standard InChI is InChI=1S/C12H13FN2OS2/c13-8-6-7(11(14)17)3-4-9(8)15-12(16)10-2-1-5-18-10/h3-4,6,10H,1-2,5H2,(H2,14,17)(H,15,16). The number of nitrogens with two attached hydrogens (primary N) is 1. The van der Waals surface area contributed by atoms with Crippen molar-refractivity contribution in [2.24, 2.45) is 5.73 Å². The lowest BCUT2D eigenvalue weighted by molar-refractivity contribution is -0.115. The van der Waals surface area contributed by atoms with E-state index in [2.05, 4.69) is 5.32 Å². The van der Waals surface area contributed by atoms with Crippen molar-refractivity contribution in [2.75, 3.05) is 11.1 Å². The van der Waals surface area contributed by atoms with Crippen molar-refractivity contribution in [1.82, 2.24) is 0 Å². The van der Waals surface area contributed by atoms with Crippen LogP contribution in [0.3, 0.4) is 0 Å². The summed E-state index contributed by atoms with van der Waals surface area (Å²) in [6, 6.07) is 4.32. The fourth-order valence-electron chi connectivity index (χ4n) is 1.77. The number of carbonyl (C=O) groups excluding carboxylic acids is 1. The molecule has 0 radical (unpaired) electrons. The van der Waals surface area contributed by atoms with Crippen molar-refractivity contribution in [3.05, 3.63) is 29.6 Å². The van der Waals surface area contributed by atoms with Gasteiger partial charge in [-0.05, 0) is 36.8 Å². The number of benzene rings is 1. The molecule has 0 aromatic heterocycles. The van der Waals surface area contributed by atoms with Crippen LogP contribution in [0.15, 0.2) is 18.2 Å². The average Bonchev–Trinajstić information content (AvgIpc) is 2.85. The zero-order chi connectivity index (χ0) is 13.1. The Morgan fingerprint density at radius 1 is 1.56 bits per heavy atom. The molecule has 1 aliphatic heterocycles. The van der Waals surface area contributed by atoms with E-state index in [9.17, 15) is 9.18 Å². The number of hydrogen-bond acceptors (Lipinski definition) is 3. The highest BCUT2D eigenvalue weighted by Gasteiger charge is 2.24. The van der Waals surface area contributed by atoms with Gasteiger partial charge in [-0.1, -0.05) is 12.2 Å². The van der Waals surface area contributed by atoms with E-state index >= 15 is 0 Å². The summed E-state index contributed by atoms with van der Waals surface area (Å²) in [7, 11) is 0. The molecule has 1 heterocycles. The normalized spacial score (nSPS) is 18.6. The van der Waals surface area contributed by atoms with Crippen LogP contribution >= 0.6 is 24.0 Å². The smallest absolute Gasteiger partial charge is 0.237 e. The molecule has 3 nitrogen and oxygen atoms in total. The number of carbonyl (C=O) groups is 1. The monoisotopic (exact) mass is 284 g/mol. The molecule has 0 spiro atoms. The van der Waals surface area contributed by atoms with Crippen molar-refractivity contribution < 1.29 is 9.18 Å². The van der Waals surface area contributed by atoms with Crippen LogP contribution in [0, 0.1) is 5.82 Å². The second-order valence-electron chi connectivity index (χ2n) is 4.05. The van der Waals surface area contributed by atoms with Crippen LogP contribution < -0.4 is 11.1 Å². The molecule has 0 bridgehead atoms. The Morgan fingerprint density at radius 3 is 2.89 bits per heavy atom. The summed E-state index contributed by atoms with van der Waals surface area (Å²) in [5.41, 5.74) is 6.04. The topological polar surface area (TPSA) is 55.1 Å². The minimum atomic E-state index is -0.517. The highest BCUT2D eigenvalue weighted by atomic mass is 32.2. The molecule has 1 aliphatic rings. The maximum absolute atomic E-state index is 13.7. The van der Waals surface area contributed by atoms with Crippen molar-refractivity contribution in [3.63, 3.8) is 0 Å². The first-order valence-electron chi connectivity index (χ1n) is 5.60. The van der Waals surface area contributed by atoms with Gasteiger partial charge in [0.15, 0.2) is 0 Å². The van der Waals surface area contributed by atoms with Crippen LogP contribution in [0.25, 0.3) is 0 Å². The number of rotatable bonds is 3. The minimum absolute atomic E-state index is 0.0698. The third kappa shape index (κ3) is 3.00. The Bertz CT molecular complexity index is 487. The van der Waals surface area contributed by atoms with Gasteiger partial charge < -0.3 is 11.1 Å². The van der Waals surface area contributed by atoms with Crippen LogP contribution in [-0.2, 0) is 4.79 Å². The quantitative estimate of drug-likeness (QED) is 0.836. The summed E-state index contributed by atoms with van der Waals surface area (Å²) in [5, 5.41) is 2.53. The molecule has 18 heavy (non-hydrogen) atoms. The van der Waals surface area contributed by atoms with Crippen molar-refractivity contribution >= 4 is 40.6 Å². The maximum Gasteiger partial charge on any atom is 0.237 e. The van der Waals surface area contributed by atoms with E-state index in [-0.39, 0.29) is 21.8 Å². The molecule has 0 saturated carbocycles. The van der Waals surface area contributed by atoms with E-state index in [0.717, 1.165) is 18.6 Å². The number of thiocarbonyl (C=S) groups is 1. The Balaban J connectivity index is 2.09. The number of thioether (sulfide) groups is 1. The van der Waals surface area contributed by atoms with Gasteiger partial charge in [-0.3, -0.25) is 4.79 Å². The molecule has 3 N–H and O–H groups in total. The molecule has 1 atom stereocenters. The van der Waals surface area contributed by atoms with Crippen molar-refractivity contribution in [1.29, 1.82) is 0 Å². The van der Waals surface area contributed by atoms with Crippen LogP contribution in [0.4, 0.5) is 10.1 Å². The van der Waals surface area contributed by atoms with Gasteiger partial charge in [-0.15, -0.1) is 11.8 Å². The van der Waals surface area contributed by atoms with Crippen LogP contribution in [0.1, 0.15) is 18.4 Å². The predicted molar refractivity (Wildman–Crippen MR) is 76.4 cm³/mol. The van der Waals surface area contributed by atoms with Crippen molar-refractivity contribution in [3.8, 4) is 0 Å². The number of anilines is 1. The first kappa shape index (κ1) is 13.3. The summed E-state index contributed by atoms with van der Waals surface area (Å²) in [6.07, 6.45) is 1.88. The molecule has 1 fully saturated rings. The van der Waals surface area contributed by atoms with E-state index in [1.807, 2.05) is 0 Å². The van der Waals surface area contributed by atoms with Gasteiger partial charge >= 0.3 is 0 Å². The van der Waals surface area contributed by atoms with Crippen LogP contribution in [-0.4, -0.2) is 21.9 Å². The molecular formula is C12H13FN2OS2. The summed E-state index contributed by atoms with van der Waals surface area (Å²) >= 11 is 6.37. The Kier molecular flexibility index (Phi) is 4.19. The SMILES string of the molecule is NC(=S)c1ccc(NC(=O)C2CCCS2)c(F)c1. The number of halogens is 1. The largest absolute Gasteiger partial charge is 0.389 e. The third-order valence-electron chi connectivity index (χ3n) is 2.73. The molecule has 1 amide bonds. The molecule has 1 aromatic rings. The molecule has 2 rings (SSSR count). The van der Waals surface area contributed by atoms with Crippen LogP contribution in [0.2, 0.25) is 0 Å². The van der Waals surface area contributed by atoms with Crippen LogP contribution in [0.5, 0.6) is 0 Å². The van der Waals surface area contributed by atoms with E-state index in [1.54, 1.807) is 17.8 Å². The predicted octanol–water partition coefficient (Wildman–Crippen LogP) is 2.29. The van der Waals surface area contributed by atoms with Crippen molar-refractivity contribution in [2.45, 2.75) is 18.1 Å². The first-order chi connectivity index (χ1) is 8.58. The molecule has 1 saturated heterocycles. The summed E-state index contributed by atoms with van der Waals surface area (Å²) in [5.74, 6) is 0.331. The summed E-state index contributed by atoms with van der Waals surface area (Å²) in [6.45, 7) is 0. The second kappa shape index (κ2) is 5.67. The molecule has 0 aliphatic carbocycles. The van der Waals surface area contributed by atoms with Gasteiger partial charge in [0, 0.05) is 5.56 Å². The van der Waals surface area contributed by atoms with E-state index in [4.69, 9.17) is 18.0 Å². The molecular weight excluding hydrogens is 271 g/mol. The van der Waals surface area contributed by atoms with E-state index in [1.165, 1.54) is 12.1 Å². The Morgan fingerprint density at radius 2 is 2.33 bits per heavy atom. The lowest BCUT2D eigenvalue weighted by Crippen LogP contribution is -2.23. The Labute approximate surface area is 114 Å². The number of amides is 1. The van der Waals surface area contributed by atoms with E-state index in [0.29, 0.717) is 5.56 Å². The fourth-order valence-corrected chi connectivity index (χ4v) is 3.06. The van der Waals surface area contributed by atoms with Gasteiger partial charge in [0.25, 0.3) is 0 Å². The number of hydrogen-bond donors (Lipinski definition) is 2. The van der Waals surface area contributed by atoms with Gasteiger partial charge in [-0.2, -0.15) is 0 Å². The third-order valence-corrected chi connectivity index (χ3v) is 4.35. The lowest BCUT2D eigenvalue weighted by Gasteiger charge is -2.11. The first-order valence-corrected chi connectivity index (χ1v) is 7.05. The highest BCUT2D eigenvalue weighted by Crippen LogP contribution is 2.27. The van der Waals surface area contributed by atoms with Gasteiger partial charge in [0.05, 0.1) is 10.9 Å². The summed E-state index contributed by atoms with van der Waals surface area (Å²) < 4.78 is 13.7. The van der Waals surface area contributed by atoms with Gasteiger partial charge in [0.1, 0.15) is 10.8 Å². The second-order valence-corrected chi connectivity index (χ2v) is 5.80. The molecule has 6 heteroatoms. The van der Waals surface area contributed by atoms with Gasteiger partial charge in [-0.25, -0.2) is 4.39 Å². The molecule has 96 valence electrons. The molecule has 1 aromatic carbocycles. The Hall–Kier alpha value is -1.14. The lowest BCUT2D eigenvalue weighted by atomic mass is 10.2. The zero-order valence-corrected chi connectivity index (χ0v) is 11.2. The number of nitrogens with one attached hydrogen (secondary N) is 1. The minimum Gasteiger partial charge on any atom is -0.389 e. The highest BCUT2D eigenvalue weighted by molar-refractivity contribution is 8.00. The fraction of sp³-hybridized carbons (Fsp3) is 0.333. The average molecular weight is 284 g/mol. The maximum atomic E-state index is 13.7. The zero-order valence-electron chi connectivity index (χ0n) is 9.61. The van der Waals surface area contributed by atoms with Gasteiger partial charge in [0.2, 0.25) is 5.91 Å². The molecule has 1 unspecified atom stereocenters. The summed E-state index contributed by atoms with van der Waals surface area (Å²) in [4.78, 5) is 12.0.